The van der Waals surface area contributed by atoms with Crippen LogP contribution < -0.4 is 10.1 Å². The molecule has 0 bridgehead atoms. The lowest BCUT2D eigenvalue weighted by molar-refractivity contribution is -0.121. The highest BCUT2D eigenvalue weighted by Crippen LogP contribution is 2.30. The fourth-order valence-electron chi connectivity index (χ4n) is 4.47. The van der Waals surface area contributed by atoms with Gasteiger partial charge in [-0.2, -0.15) is 4.31 Å². The van der Waals surface area contributed by atoms with Gasteiger partial charge in [-0.25, -0.2) is 8.42 Å². The maximum atomic E-state index is 13.0. The number of nitrogens with zero attached hydrogens (tertiary/aromatic N) is 1. The van der Waals surface area contributed by atoms with Gasteiger partial charge in [0, 0.05) is 19.5 Å². The number of ether oxygens (including phenoxy) is 2. The molecule has 7 nitrogen and oxygen atoms in total. The Kier molecular flexibility index (Phi) is 7.13. The number of rotatable bonds is 7. The Hall–Kier alpha value is -2.42. The minimum Gasteiger partial charge on any atom is -0.496 e. The summed E-state index contributed by atoms with van der Waals surface area (Å²) in [7, 11) is -2.06. The number of carbonyl (C=O) groups is 1. The topological polar surface area (TPSA) is 84.9 Å². The molecule has 1 atom stereocenters. The first-order chi connectivity index (χ1) is 15.5. The van der Waals surface area contributed by atoms with E-state index in [1.165, 1.54) is 15.4 Å². The lowest BCUT2D eigenvalue weighted by Gasteiger charge is -2.27. The third kappa shape index (κ3) is 4.98. The highest BCUT2D eigenvalue weighted by Gasteiger charge is 2.27. The van der Waals surface area contributed by atoms with Crippen molar-refractivity contribution in [3.8, 4) is 5.75 Å². The Labute approximate surface area is 189 Å². The highest BCUT2D eigenvalue weighted by molar-refractivity contribution is 7.89. The lowest BCUT2D eigenvalue weighted by atomic mass is 9.87. The summed E-state index contributed by atoms with van der Waals surface area (Å²) >= 11 is 0. The van der Waals surface area contributed by atoms with E-state index in [0.717, 1.165) is 19.3 Å². The van der Waals surface area contributed by atoms with E-state index in [4.69, 9.17) is 9.47 Å². The van der Waals surface area contributed by atoms with Gasteiger partial charge in [0.15, 0.2) is 0 Å². The van der Waals surface area contributed by atoms with Crippen LogP contribution in [0.1, 0.15) is 42.0 Å². The largest absolute Gasteiger partial charge is 0.496 e. The number of amides is 1. The summed E-state index contributed by atoms with van der Waals surface area (Å²) in [5, 5.41) is 3.16. The van der Waals surface area contributed by atoms with Crippen molar-refractivity contribution in [2.24, 2.45) is 0 Å². The monoisotopic (exact) mass is 458 g/mol. The van der Waals surface area contributed by atoms with E-state index in [0.29, 0.717) is 44.0 Å². The van der Waals surface area contributed by atoms with Crippen LogP contribution >= 0.6 is 0 Å². The summed E-state index contributed by atoms with van der Waals surface area (Å²) < 4.78 is 38.2. The molecule has 1 fully saturated rings. The summed E-state index contributed by atoms with van der Waals surface area (Å²) in [5.74, 6) is 0.539. The number of morpholine rings is 1. The summed E-state index contributed by atoms with van der Waals surface area (Å²) in [6.45, 7) is 1.48. The van der Waals surface area contributed by atoms with Crippen LogP contribution in [0.4, 0.5) is 0 Å². The van der Waals surface area contributed by atoms with E-state index in [9.17, 15) is 13.2 Å². The first kappa shape index (κ1) is 22.8. The molecule has 4 rings (SSSR count). The quantitative estimate of drug-likeness (QED) is 0.690. The van der Waals surface area contributed by atoms with Gasteiger partial charge >= 0.3 is 0 Å². The van der Waals surface area contributed by atoms with Crippen molar-refractivity contribution in [3.05, 3.63) is 59.2 Å². The molecule has 0 radical (unpaired) electrons. The van der Waals surface area contributed by atoms with Crippen LogP contribution in [0.2, 0.25) is 0 Å². The molecule has 172 valence electrons. The molecule has 2 aromatic carbocycles. The molecule has 0 spiro atoms. The normalized spacial score (nSPS) is 19.2. The predicted octanol–water partition coefficient (Wildman–Crippen LogP) is 2.84. The van der Waals surface area contributed by atoms with E-state index >= 15 is 0 Å². The molecular formula is C24H30N2O5S. The summed E-state index contributed by atoms with van der Waals surface area (Å²) in [6.07, 6.45) is 3.69. The summed E-state index contributed by atoms with van der Waals surface area (Å²) in [6, 6.07) is 13.1. The minimum atomic E-state index is -3.61. The van der Waals surface area contributed by atoms with Gasteiger partial charge in [0.1, 0.15) is 5.75 Å². The van der Waals surface area contributed by atoms with E-state index < -0.39 is 10.0 Å². The van der Waals surface area contributed by atoms with E-state index in [2.05, 4.69) is 17.4 Å². The van der Waals surface area contributed by atoms with Crippen molar-refractivity contribution in [2.45, 2.75) is 43.0 Å². The van der Waals surface area contributed by atoms with Gasteiger partial charge in [0.05, 0.1) is 31.3 Å². The molecule has 32 heavy (non-hydrogen) atoms. The molecule has 2 aromatic rings. The Morgan fingerprint density at radius 2 is 1.97 bits per heavy atom. The van der Waals surface area contributed by atoms with Crippen LogP contribution in [0, 0.1) is 0 Å². The molecule has 0 aromatic heterocycles. The maximum absolute atomic E-state index is 13.0. The molecule has 1 unspecified atom stereocenters. The molecule has 1 amide bonds. The van der Waals surface area contributed by atoms with Gasteiger partial charge in [-0.05, 0) is 60.6 Å². The van der Waals surface area contributed by atoms with Crippen LogP contribution in [-0.4, -0.2) is 52.0 Å². The molecule has 1 saturated heterocycles. The Bertz CT molecular complexity index is 1060. The fraction of sp³-hybridized carbons (Fsp3) is 0.458. The van der Waals surface area contributed by atoms with Crippen LogP contribution in [0.3, 0.4) is 0 Å². The zero-order valence-corrected chi connectivity index (χ0v) is 19.2. The number of carbonyl (C=O) groups excluding carboxylic acids is 1. The number of hydrogen-bond donors (Lipinski definition) is 1. The predicted molar refractivity (Wildman–Crippen MR) is 121 cm³/mol. The van der Waals surface area contributed by atoms with Crippen molar-refractivity contribution in [2.75, 3.05) is 33.4 Å². The second-order valence-electron chi connectivity index (χ2n) is 8.20. The molecule has 1 heterocycles. The second kappa shape index (κ2) is 10.0. The maximum Gasteiger partial charge on any atom is 0.243 e. The van der Waals surface area contributed by atoms with E-state index in [-0.39, 0.29) is 23.3 Å². The molecule has 2 aliphatic rings. The zero-order chi connectivity index (χ0) is 22.6. The first-order valence-corrected chi connectivity index (χ1v) is 12.5. The van der Waals surface area contributed by atoms with Crippen LogP contribution in [-0.2, 0) is 32.4 Å². The lowest BCUT2D eigenvalue weighted by Crippen LogP contribution is -2.40. The fourth-order valence-corrected chi connectivity index (χ4v) is 5.92. The zero-order valence-electron chi connectivity index (χ0n) is 18.4. The Balaban J connectivity index is 1.45. The van der Waals surface area contributed by atoms with Gasteiger partial charge in [-0.3, -0.25) is 4.79 Å². The standard InChI is InChI=1S/C24H30N2O5S/c1-30-23-11-10-20(32(28,29)26-13-15-31-16-14-26)17-19(23)9-12-24(27)25-22-8-4-6-18-5-2-3-7-21(18)22/h2-3,5,7,10-11,17,22H,4,6,8-9,12-16H2,1H3,(H,25,27). The molecule has 8 heteroatoms. The molecule has 1 aliphatic heterocycles. The van der Waals surface area contributed by atoms with Crippen molar-refractivity contribution < 1.29 is 22.7 Å². The van der Waals surface area contributed by atoms with E-state index in [1.54, 1.807) is 25.3 Å². The van der Waals surface area contributed by atoms with Crippen LogP contribution in [0.15, 0.2) is 47.4 Å². The number of nitrogens with one attached hydrogen (secondary N) is 1. The first-order valence-electron chi connectivity index (χ1n) is 11.1. The van der Waals surface area contributed by atoms with Gasteiger partial charge in [0.2, 0.25) is 15.9 Å². The second-order valence-corrected chi connectivity index (χ2v) is 10.1. The molecular weight excluding hydrogens is 428 g/mol. The van der Waals surface area contributed by atoms with Gasteiger partial charge in [-0.15, -0.1) is 0 Å². The third-order valence-corrected chi connectivity index (χ3v) is 8.08. The number of hydrogen-bond acceptors (Lipinski definition) is 5. The summed E-state index contributed by atoms with van der Waals surface area (Å²) in [4.78, 5) is 13.0. The van der Waals surface area contributed by atoms with Crippen LogP contribution in [0.25, 0.3) is 0 Å². The molecule has 1 N–H and O–H groups in total. The third-order valence-electron chi connectivity index (χ3n) is 6.19. The molecule has 0 saturated carbocycles. The summed E-state index contributed by atoms with van der Waals surface area (Å²) in [5.41, 5.74) is 3.20. The SMILES string of the molecule is COc1ccc(S(=O)(=O)N2CCOCC2)cc1CCC(=O)NC1CCCc2ccccc21. The van der Waals surface area contributed by atoms with Gasteiger partial charge in [-0.1, -0.05) is 24.3 Å². The number of benzene rings is 2. The van der Waals surface area contributed by atoms with Crippen molar-refractivity contribution in [3.63, 3.8) is 0 Å². The van der Waals surface area contributed by atoms with Crippen molar-refractivity contribution in [1.29, 1.82) is 0 Å². The Morgan fingerprint density at radius 3 is 2.75 bits per heavy atom. The average Bonchev–Trinajstić information content (AvgIpc) is 2.83. The van der Waals surface area contributed by atoms with E-state index in [1.807, 2.05) is 12.1 Å². The average molecular weight is 459 g/mol. The van der Waals surface area contributed by atoms with Gasteiger partial charge in [0.25, 0.3) is 0 Å². The molecule has 1 aliphatic carbocycles. The number of aryl methyl sites for hydroxylation is 2. The number of sulfonamides is 1. The van der Waals surface area contributed by atoms with Crippen molar-refractivity contribution in [1.82, 2.24) is 9.62 Å². The highest BCUT2D eigenvalue weighted by atomic mass is 32.2. The number of fused-ring (bicyclic) bond motifs is 1. The minimum absolute atomic E-state index is 0.0300. The smallest absolute Gasteiger partial charge is 0.243 e. The van der Waals surface area contributed by atoms with Crippen LogP contribution in [0.5, 0.6) is 5.75 Å². The number of methoxy groups -OCH3 is 1. The van der Waals surface area contributed by atoms with Crippen molar-refractivity contribution >= 4 is 15.9 Å². The van der Waals surface area contributed by atoms with Gasteiger partial charge < -0.3 is 14.8 Å². The Morgan fingerprint density at radius 1 is 1.19 bits per heavy atom.